The zero-order valence-corrected chi connectivity index (χ0v) is 12.1. The van der Waals surface area contributed by atoms with Crippen molar-refractivity contribution >= 4 is 0 Å². The Bertz CT molecular complexity index is 355. The van der Waals surface area contributed by atoms with Crippen LogP contribution in [0.3, 0.4) is 0 Å². The van der Waals surface area contributed by atoms with Gasteiger partial charge < -0.3 is 10.1 Å². The molecule has 2 rings (SSSR count). The summed E-state index contributed by atoms with van der Waals surface area (Å²) in [5.41, 5.74) is 1.39. The molecule has 1 fully saturated rings. The Morgan fingerprint density at radius 2 is 2.00 bits per heavy atom. The van der Waals surface area contributed by atoms with E-state index in [0.717, 1.165) is 39.4 Å². The molecule has 0 radical (unpaired) electrons. The van der Waals surface area contributed by atoms with Gasteiger partial charge in [-0.05, 0) is 18.7 Å². The second-order valence-electron chi connectivity index (χ2n) is 5.28. The van der Waals surface area contributed by atoms with Crippen LogP contribution in [0.15, 0.2) is 30.3 Å². The lowest BCUT2D eigenvalue weighted by Crippen LogP contribution is -2.41. The Morgan fingerprint density at radius 1 is 1.21 bits per heavy atom. The lowest BCUT2D eigenvalue weighted by atomic mass is 10.0. The largest absolute Gasteiger partial charge is 0.379 e. The average molecular weight is 262 g/mol. The lowest BCUT2D eigenvalue weighted by Gasteiger charge is -2.27. The van der Waals surface area contributed by atoms with Gasteiger partial charge in [-0.1, -0.05) is 44.2 Å². The van der Waals surface area contributed by atoms with Gasteiger partial charge in [0.1, 0.15) is 0 Å². The highest BCUT2D eigenvalue weighted by Gasteiger charge is 2.28. The van der Waals surface area contributed by atoms with Crippen LogP contribution in [0.1, 0.15) is 19.4 Å². The summed E-state index contributed by atoms with van der Waals surface area (Å²) in [6.45, 7) is 10.4. The predicted molar refractivity (Wildman–Crippen MR) is 79.2 cm³/mol. The summed E-state index contributed by atoms with van der Waals surface area (Å²) in [6.07, 6.45) is 0. The lowest BCUT2D eigenvalue weighted by molar-refractivity contribution is 0.167. The molecule has 2 unspecified atom stereocenters. The number of hydrogen-bond acceptors (Lipinski definition) is 3. The first kappa shape index (κ1) is 14.5. The van der Waals surface area contributed by atoms with Gasteiger partial charge in [-0.2, -0.15) is 0 Å². The molecule has 1 aromatic carbocycles. The van der Waals surface area contributed by atoms with E-state index in [4.69, 9.17) is 4.74 Å². The number of nitrogens with one attached hydrogen (secondary N) is 1. The highest BCUT2D eigenvalue weighted by atomic mass is 16.5. The normalized spacial score (nSPS) is 23.1. The third-order valence-corrected chi connectivity index (χ3v) is 3.85. The Balaban J connectivity index is 1.88. The SMILES string of the molecule is CCNC1COCC1CN(CC)Cc1ccccc1. The van der Waals surface area contributed by atoms with Crippen molar-refractivity contribution in [3.05, 3.63) is 35.9 Å². The highest BCUT2D eigenvalue weighted by Crippen LogP contribution is 2.16. The standard InChI is InChI=1S/C16H26N2O/c1-3-17-16-13-19-12-15(16)11-18(4-2)10-14-8-6-5-7-9-14/h5-9,15-17H,3-4,10-13H2,1-2H3. The highest BCUT2D eigenvalue weighted by molar-refractivity contribution is 5.14. The van der Waals surface area contributed by atoms with Crippen LogP contribution in [-0.2, 0) is 11.3 Å². The minimum Gasteiger partial charge on any atom is -0.379 e. The monoisotopic (exact) mass is 262 g/mol. The summed E-state index contributed by atoms with van der Waals surface area (Å²) in [6, 6.07) is 11.2. The Labute approximate surface area is 116 Å². The van der Waals surface area contributed by atoms with E-state index in [9.17, 15) is 0 Å². The van der Waals surface area contributed by atoms with Gasteiger partial charge in [0.2, 0.25) is 0 Å². The maximum atomic E-state index is 5.63. The summed E-state index contributed by atoms with van der Waals surface area (Å²) in [7, 11) is 0. The van der Waals surface area contributed by atoms with Gasteiger partial charge in [-0.3, -0.25) is 4.90 Å². The van der Waals surface area contributed by atoms with Crippen LogP contribution in [0.4, 0.5) is 0 Å². The van der Waals surface area contributed by atoms with Gasteiger partial charge >= 0.3 is 0 Å². The second-order valence-corrected chi connectivity index (χ2v) is 5.28. The number of benzene rings is 1. The maximum Gasteiger partial charge on any atom is 0.0623 e. The zero-order valence-electron chi connectivity index (χ0n) is 12.1. The van der Waals surface area contributed by atoms with Gasteiger partial charge in [0, 0.05) is 25.0 Å². The maximum absolute atomic E-state index is 5.63. The van der Waals surface area contributed by atoms with Gasteiger partial charge in [0.15, 0.2) is 0 Å². The molecule has 1 heterocycles. The fourth-order valence-electron chi connectivity index (χ4n) is 2.75. The number of rotatable bonds is 7. The van der Waals surface area contributed by atoms with Crippen molar-refractivity contribution in [3.63, 3.8) is 0 Å². The Kier molecular flexibility index (Phi) is 5.83. The number of hydrogen-bond donors (Lipinski definition) is 1. The van der Waals surface area contributed by atoms with Crippen LogP contribution >= 0.6 is 0 Å². The van der Waals surface area contributed by atoms with Crippen molar-refractivity contribution in [2.75, 3.05) is 32.8 Å². The zero-order chi connectivity index (χ0) is 13.5. The predicted octanol–water partition coefficient (Wildman–Crippen LogP) is 2.13. The molecule has 3 heteroatoms. The van der Waals surface area contributed by atoms with Gasteiger partial charge in [0.25, 0.3) is 0 Å². The van der Waals surface area contributed by atoms with Gasteiger partial charge in [-0.25, -0.2) is 0 Å². The summed E-state index contributed by atoms with van der Waals surface area (Å²) in [5, 5.41) is 3.54. The topological polar surface area (TPSA) is 24.5 Å². The smallest absolute Gasteiger partial charge is 0.0623 e. The molecule has 106 valence electrons. The molecule has 1 aliphatic rings. The molecule has 0 saturated carbocycles. The third-order valence-electron chi connectivity index (χ3n) is 3.85. The molecule has 0 bridgehead atoms. The van der Waals surface area contributed by atoms with Gasteiger partial charge in [-0.15, -0.1) is 0 Å². The van der Waals surface area contributed by atoms with Crippen molar-refractivity contribution in [2.45, 2.75) is 26.4 Å². The molecular formula is C16H26N2O. The Hall–Kier alpha value is -0.900. The minimum absolute atomic E-state index is 0.523. The molecule has 0 aliphatic carbocycles. The van der Waals surface area contributed by atoms with Gasteiger partial charge in [0.05, 0.1) is 13.2 Å². The molecule has 19 heavy (non-hydrogen) atoms. The van der Waals surface area contributed by atoms with Crippen LogP contribution in [0.2, 0.25) is 0 Å². The van der Waals surface area contributed by atoms with Crippen LogP contribution in [0.25, 0.3) is 0 Å². The van der Waals surface area contributed by atoms with Crippen LogP contribution < -0.4 is 5.32 Å². The van der Waals surface area contributed by atoms with E-state index in [0.29, 0.717) is 12.0 Å². The molecule has 1 saturated heterocycles. The first-order valence-electron chi connectivity index (χ1n) is 7.40. The summed E-state index contributed by atoms with van der Waals surface area (Å²) < 4.78 is 5.63. The molecule has 2 atom stereocenters. The first-order chi connectivity index (χ1) is 9.33. The van der Waals surface area contributed by atoms with E-state index in [1.807, 2.05) is 0 Å². The fraction of sp³-hybridized carbons (Fsp3) is 0.625. The quantitative estimate of drug-likeness (QED) is 0.815. The summed E-state index contributed by atoms with van der Waals surface area (Å²) in [4.78, 5) is 2.51. The van der Waals surface area contributed by atoms with Crippen molar-refractivity contribution in [2.24, 2.45) is 5.92 Å². The van der Waals surface area contributed by atoms with E-state index >= 15 is 0 Å². The van der Waals surface area contributed by atoms with Crippen molar-refractivity contribution in [1.29, 1.82) is 0 Å². The van der Waals surface area contributed by atoms with E-state index in [-0.39, 0.29) is 0 Å². The van der Waals surface area contributed by atoms with Crippen LogP contribution in [0.5, 0.6) is 0 Å². The molecular weight excluding hydrogens is 236 g/mol. The summed E-state index contributed by atoms with van der Waals surface area (Å²) >= 11 is 0. The van der Waals surface area contributed by atoms with E-state index in [1.54, 1.807) is 0 Å². The second kappa shape index (κ2) is 7.63. The molecule has 1 aliphatic heterocycles. The molecule has 3 nitrogen and oxygen atoms in total. The molecule has 1 aromatic rings. The van der Waals surface area contributed by atoms with E-state index < -0.39 is 0 Å². The van der Waals surface area contributed by atoms with Crippen LogP contribution in [-0.4, -0.2) is 43.8 Å². The number of nitrogens with zero attached hydrogens (tertiary/aromatic N) is 1. The van der Waals surface area contributed by atoms with Crippen LogP contribution in [0, 0.1) is 5.92 Å². The number of ether oxygens (including phenoxy) is 1. The number of likely N-dealkylation sites (N-methyl/N-ethyl adjacent to an activating group) is 1. The van der Waals surface area contributed by atoms with Crippen molar-refractivity contribution in [3.8, 4) is 0 Å². The fourth-order valence-corrected chi connectivity index (χ4v) is 2.75. The minimum atomic E-state index is 0.523. The van der Waals surface area contributed by atoms with Crippen molar-refractivity contribution < 1.29 is 4.74 Å². The molecule has 0 spiro atoms. The van der Waals surface area contributed by atoms with E-state index in [1.165, 1.54) is 5.56 Å². The molecule has 0 aromatic heterocycles. The van der Waals surface area contributed by atoms with Crippen molar-refractivity contribution in [1.82, 2.24) is 10.2 Å². The molecule has 0 amide bonds. The third kappa shape index (κ3) is 4.30. The molecule has 1 N–H and O–H groups in total. The summed E-state index contributed by atoms with van der Waals surface area (Å²) in [5.74, 6) is 0.614. The van der Waals surface area contributed by atoms with E-state index in [2.05, 4.69) is 54.4 Å². The average Bonchev–Trinajstić information content (AvgIpc) is 2.87. The Morgan fingerprint density at radius 3 is 2.68 bits per heavy atom. The first-order valence-corrected chi connectivity index (χ1v) is 7.40.